The highest BCUT2D eigenvalue weighted by molar-refractivity contribution is 5.78. The molecular formula is C14H20N2O2. The molecule has 1 amide bonds. The van der Waals surface area contributed by atoms with Crippen molar-refractivity contribution >= 4 is 5.91 Å². The smallest absolute Gasteiger partial charge is 0.223 e. The first-order valence-electron chi connectivity index (χ1n) is 6.49. The summed E-state index contributed by atoms with van der Waals surface area (Å²) >= 11 is 0. The van der Waals surface area contributed by atoms with Gasteiger partial charge < -0.3 is 10.1 Å². The minimum atomic E-state index is 0.151. The average Bonchev–Trinajstić information content (AvgIpc) is 2.46. The summed E-state index contributed by atoms with van der Waals surface area (Å²) in [5.41, 5.74) is 1.09. The molecule has 0 aliphatic heterocycles. The fourth-order valence-corrected chi connectivity index (χ4v) is 2.39. The number of aromatic nitrogens is 1. The third-order valence-corrected chi connectivity index (χ3v) is 3.59. The van der Waals surface area contributed by atoms with Crippen LogP contribution in [0.15, 0.2) is 24.5 Å². The Hall–Kier alpha value is -1.42. The zero-order valence-electron chi connectivity index (χ0n) is 10.8. The topological polar surface area (TPSA) is 51.2 Å². The van der Waals surface area contributed by atoms with Crippen LogP contribution in [0.1, 0.15) is 31.2 Å². The molecule has 0 radical (unpaired) electrons. The van der Waals surface area contributed by atoms with E-state index in [0.717, 1.165) is 31.2 Å². The highest BCUT2D eigenvalue weighted by atomic mass is 16.5. The van der Waals surface area contributed by atoms with Crippen molar-refractivity contribution < 1.29 is 9.53 Å². The number of hydrogen-bond acceptors (Lipinski definition) is 3. The number of carbonyl (C=O) groups is 1. The van der Waals surface area contributed by atoms with Gasteiger partial charge in [0.05, 0.1) is 6.10 Å². The van der Waals surface area contributed by atoms with Crippen LogP contribution in [0, 0.1) is 5.92 Å². The Bertz CT molecular complexity index is 373. The van der Waals surface area contributed by atoms with Crippen molar-refractivity contribution in [2.24, 2.45) is 5.92 Å². The zero-order chi connectivity index (χ0) is 12.8. The second kappa shape index (κ2) is 6.50. The van der Waals surface area contributed by atoms with Crippen LogP contribution in [-0.4, -0.2) is 24.1 Å². The molecule has 1 aromatic heterocycles. The van der Waals surface area contributed by atoms with Gasteiger partial charge in [-0.2, -0.15) is 0 Å². The lowest BCUT2D eigenvalue weighted by Crippen LogP contribution is -2.34. The number of ether oxygens (including phenoxy) is 1. The van der Waals surface area contributed by atoms with Crippen molar-refractivity contribution in [3.05, 3.63) is 30.1 Å². The predicted octanol–water partition coefficient (Wildman–Crippen LogP) is 1.90. The standard InChI is InChI=1S/C14H20N2O2/c1-18-13-4-2-12(3-5-13)14(17)16-10-11-6-8-15-9-7-11/h6-9,12-13H,2-5,10H2,1H3,(H,16,17). The molecule has 1 saturated carbocycles. The lowest BCUT2D eigenvalue weighted by atomic mass is 9.87. The quantitative estimate of drug-likeness (QED) is 0.885. The number of nitrogens with one attached hydrogen (secondary N) is 1. The molecule has 0 atom stereocenters. The maximum absolute atomic E-state index is 12.0. The van der Waals surface area contributed by atoms with Gasteiger partial charge in [-0.05, 0) is 43.4 Å². The second-order valence-corrected chi connectivity index (χ2v) is 4.78. The van der Waals surface area contributed by atoms with E-state index in [1.54, 1.807) is 19.5 Å². The first kappa shape index (κ1) is 13.0. The van der Waals surface area contributed by atoms with Gasteiger partial charge in [0.25, 0.3) is 0 Å². The van der Waals surface area contributed by atoms with Crippen LogP contribution in [0.2, 0.25) is 0 Å². The van der Waals surface area contributed by atoms with Crippen LogP contribution in [0.3, 0.4) is 0 Å². The van der Waals surface area contributed by atoms with Crippen LogP contribution < -0.4 is 5.32 Å². The van der Waals surface area contributed by atoms with E-state index in [1.807, 2.05) is 12.1 Å². The normalized spacial score (nSPS) is 23.6. The molecule has 1 aliphatic rings. The van der Waals surface area contributed by atoms with Gasteiger partial charge in [-0.25, -0.2) is 0 Å². The van der Waals surface area contributed by atoms with Gasteiger partial charge in [-0.3, -0.25) is 9.78 Å². The van der Waals surface area contributed by atoms with E-state index in [2.05, 4.69) is 10.3 Å². The minimum Gasteiger partial charge on any atom is -0.381 e. The monoisotopic (exact) mass is 248 g/mol. The molecule has 1 aromatic rings. The Morgan fingerprint density at radius 2 is 2.00 bits per heavy atom. The van der Waals surface area contributed by atoms with Crippen molar-refractivity contribution in [1.29, 1.82) is 0 Å². The zero-order valence-corrected chi connectivity index (χ0v) is 10.8. The molecule has 4 nitrogen and oxygen atoms in total. The average molecular weight is 248 g/mol. The summed E-state index contributed by atoms with van der Waals surface area (Å²) in [4.78, 5) is 16.0. The van der Waals surface area contributed by atoms with Crippen molar-refractivity contribution in [2.75, 3.05) is 7.11 Å². The van der Waals surface area contributed by atoms with Gasteiger partial charge in [0.1, 0.15) is 0 Å². The van der Waals surface area contributed by atoms with Crippen LogP contribution in [0.5, 0.6) is 0 Å². The molecular weight excluding hydrogens is 228 g/mol. The van der Waals surface area contributed by atoms with Gasteiger partial charge >= 0.3 is 0 Å². The molecule has 2 rings (SSSR count). The molecule has 0 unspecified atom stereocenters. The summed E-state index contributed by atoms with van der Waals surface area (Å²) < 4.78 is 5.31. The molecule has 1 aliphatic carbocycles. The van der Waals surface area contributed by atoms with Crippen LogP contribution in [0.4, 0.5) is 0 Å². The maximum atomic E-state index is 12.0. The highest BCUT2D eigenvalue weighted by Gasteiger charge is 2.25. The number of carbonyl (C=O) groups excluding carboxylic acids is 1. The van der Waals surface area contributed by atoms with Crippen molar-refractivity contribution in [2.45, 2.75) is 38.3 Å². The van der Waals surface area contributed by atoms with E-state index in [9.17, 15) is 4.79 Å². The van der Waals surface area contributed by atoms with E-state index < -0.39 is 0 Å². The highest BCUT2D eigenvalue weighted by Crippen LogP contribution is 2.25. The predicted molar refractivity (Wildman–Crippen MR) is 68.8 cm³/mol. The number of nitrogens with zero attached hydrogens (tertiary/aromatic N) is 1. The fraction of sp³-hybridized carbons (Fsp3) is 0.571. The van der Waals surface area contributed by atoms with Gasteiger partial charge in [0, 0.05) is 32.0 Å². The first-order valence-corrected chi connectivity index (χ1v) is 6.49. The first-order chi connectivity index (χ1) is 8.79. The Balaban J connectivity index is 1.75. The number of methoxy groups -OCH3 is 1. The molecule has 98 valence electrons. The van der Waals surface area contributed by atoms with E-state index in [-0.39, 0.29) is 11.8 Å². The number of rotatable bonds is 4. The lowest BCUT2D eigenvalue weighted by Gasteiger charge is -2.26. The Morgan fingerprint density at radius 3 is 2.61 bits per heavy atom. The lowest BCUT2D eigenvalue weighted by molar-refractivity contribution is -0.126. The number of pyridine rings is 1. The Kier molecular flexibility index (Phi) is 4.70. The summed E-state index contributed by atoms with van der Waals surface area (Å²) in [5, 5.41) is 2.99. The molecule has 1 heterocycles. The number of hydrogen-bond donors (Lipinski definition) is 1. The van der Waals surface area contributed by atoms with Gasteiger partial charge in [-0.15, -0.1) is 0 Å². The molecule has 0 bridgehead atoms. The molecule has 0 aromatic carbocycles. The fourth-order valence-electron chi connectivity index (χ4n) is 2.39. The van der Waals surface area contributed by atoms with Gasteiger partial charge in [-0.1, -0.05) is 0 Å². The van der Waals surface area contributed by atoms with Gasteiger partial charge in [0.15, 0.2) is 0 Å². The summed E-state index contributed by atoms with van der Waals surface area (Å²) in [5.74, 6) is 0.319. The molecule has 1 N–H and O–H groups in total. The third-order valence-electron chi connectivity index (χ3n) is 3.59. The van der Waals surface area contributed by atoms with Crippen molar-refractivity contribution in [1.82, 2.24) is 10.3 Å². The molecule has 0 saturated heterocycles. The minimum absolute atomic E-state index is 0.151. The molecule has 4 heteroatoms. The van der Waals surface area contributed by atoms with E-state index in [4.69, 9.17) is 4.74 Å². The van der Waals surface area contributed by atoms with E-state index in [1.165, 1.54) is 0 Å². The summed E-state index contributed by atoms with van der Waals surface area (Å²) in [6.45, 7) is 0.589. The van der Waals surface area contributed by atoms with Crippen molar-refractivity contribution in [3.8, 4) is 0 Å². The molecule has 1 fully saturated rings. The van der Waals surface area contributed by atoms with Crippen LogP contribution >= 0.6 is 0 Å². The van der Waals surface area contributed by atoms with Crippen LogP contribution in [-0.2, 0) is 16.1 Å². The maximum Gasteiger partial charge on any atom is 0.223 e. The Labute approximate surface area is 108 Å². The van der Waals surface area contributed by atoms with E-state index >= 15 is 0 Å². The molecule has 18 heavy (non-hydrogen) atoms. The van der Waals surface area contributed by atoms with Crippen LogP contribution in [0.25, 0.3) is 0 Å². The van der Waals surface area contributed by atoms with Gasteiger partial charge in [0.2, 0.25) is 5.91 Å². The SMILES string of the molecule is COC1CCC(C(=O)NCc2ccncc2)CC1. The number of amides is 1. The van der Waals surface area contributed by atoms with Crippen molar-refractivity contribution in [3.63, 3.8) is 0 Å². The van der Waals surface area contributed by atoms with E-state index in [0.29, 0.717) is 12.6 Å². The molecule has 0 spiro atoms. The summed E-state index contributed by atoms with van der Waals surface area (Å²) in [6, 6.07) is 3.84. The second-order valence-electron chi connectivity index (χ2n) is 4.78. The Morgan fingerprint density at radius 1 is 1.33 bits per heavy atom. The third kappa shape index (κ3) is 3.53. The summed E-state index contributed by atoms with van der Waals surface area (Å²) in [7, 11) is 1.74. The largest absolute Gasteiger partial charge is 0.381 e. The summed E-state index contributed by atoms with van der Waals surface area (Å²) in [6.07, 6.45) is 7.67.